The molecule has 0 aliphatic carbocycles. The van der Waals surface area contributed by atoms with Crippen LogP contribution in [0.4, 0.5) is 39.5 Å². The molecule has 4 heterocycles. The van der Waals surface area contributed by atoms with Crippen LogP contribution in [0, 0.1) is 6.92 Å². The summed E-state index contributed by atoms with van der Waals surface area (Å²) in [4.78, 5) is 23.6. The summed E-state index contributed by atoms with van der Waals surface area (Å²) in [6, 6.07) is 25.1. The fourth-order valence-electron chi connectivity index (χ4n) is 9.85. The van der Waals surface area contributed by atoms with E-state index in [-0.39, 0.29) is 71.5 Å². The molecule has 6 atom stereocenters. The largest absolute Gasteiger partial charge is 1.00 e. The van der Waals surface area contributed by atoms with Crippen LogP contribution in [0.1, 0.15) is 122 Å². The van der Waals surface area contributed by atoms with E-state index in [2.05, 4.69) is 33.4 Å². The third kappa shape index (κ3) is 13.1. The highest BCUT2D eigenvalue weighted by Crippen LogP contribution is 2.42. The summed E-state index contributed by atoms with van der Waals surface area (Å²) in [5, 5.41) is 11.9. The number of hydrogen-bond donors (Lipinski definition) is 4. The van der Waals surface area contributed by atoms with Crippen LogP contribution in [-0.2, 0) is 48.7 Å². The summed E-state index contributed by atoms with van der Waals surface area (Å²) in [6.07, 6.45) is -10.3. The molecule has 4 aliphatic heterocycles. The molecule has 4 fully saturated rings. The number of nitrogens with one attached hydrogen (secondary N) is 3. The molecule has 0 saturated carbocycles. The first-order valence-corrected chi connectivity index (χ1v) is 22.5. The van der Waals surface area contributed by atoms with Crippen molar-refractivity contribution in [2.24, 2.45) is 0 Å². The normalized spacial score (nSPS) is 25.7. The lowest BCUT2D eigenvalue weighted by atomic mass is 9.76. The van der Waals surface area contributed by atoms with Crippen LogP contribution < -0.4 is 33.7 Å². The first-order chi connectivity index (χ1) is 31.4. The number of piperidine rings is 2. The highest BCUT2D eigenvalue weighted by Gasteiger charge is 2.51. The molecule has 4 aliphatic rings. The molecule has 378 valence electrons. The van der Waals surface area contributed by atoms with Crippen LogP contribution in [0.25, 0.3) is 0 Å². The Hall–Kier alpha value is -4.39. The number of alkyl halides is 9. The fourth-order valence-corrected chi connectivity index (χ4v) is 9.85. The van der Waals surface area contributed by atoms with Crippen molar-refractivity contribution in [3.63, 3.8) is 0 Å². The van der Waals surface area contributed by atoms with E-state index < -0.39 is 53.0 Å². The molecular formula is C50H57Cl2F9N4O4. The molecule has 4 aromatic rings. The predicted octanol–water partition coefficient (Wildman–Crippen LogP) is 7.15. The Bertz CT molecular complexity index is 2340. The molecule has 19 heteroatoms. The van der Waals surface area contributed by atoms with E-state index >= 15 is 0 Å². The van der Waals surface area contributed by atoms with Crippen molar-refractivity contribution in [2.45, 2.75) is 125 Å². The number of carbonyl (C=O) groups excluding carboxylic acids is 2. The van der Waals surface area contributed by atoms with Gasteiger partial charge in [0.2, 0.25) is 11.8 Å². The van der Waals surface area contributed by atoms with Gasteiger partial charge in [-0.2, -0.15) is 39.5 Å². The van der Waals surface area contributed by atoms with E-state index in [0.29, 0.717) is 68.5 Å². The van der Waals surface area contributed by atoms with Crippen molar-refractivity contribution in [3.8, 4) is 0 Å². The van der Waals surface area contributed by atoms with E-state index in [1.54, 1.807) is 19.9 Å². The molecule has 2 spiro atoms. The van der Waals surface area contributed by atoms with Gasteiger partial charge in [0.15, 0.2) is 0 Å². The van der Waals surface area contributed by atoms with Gasteiger partial charge in [-0.3, -0.25) is 9.59 Å². The second-order valence-corrected chi connectivity index (χ2v) is 18.8. The molecule has 8 rings (SSSR count). The molecule has 8 nitrogen and oxygen atoms in total. The fraction of sp³-hybridized carbons (Fsp3) is 0.480. The van der Waals surface area contributed by atoms with Crippen molar-refractivity contribution in [1.82, 2.24) is 16.0 Å². The van der Waals surface area contributed by atoms with Gasteiger partial charge in [-0.25, -0.2) is 0 Å². The quantitative estimate of drug-likeness (QED) is 0.127. The minimum absolute atomic E-state index is 0. The monoisotopic (exact) mass is 1020 g/mol. The average molecular weight is 1020 g/mol. The van der Waals surface area contributed by atoms with Gasteiger partial charge in [0, 0.05) is 31.4 Å². The molecule has 5 N–H and O–H groups in total. The maximum atomic E-state index is 13.3. The van der Waals surface area contributed by atoms with Crippen LogP contribution in [0.2, 0.25) is 0 Å². The molecule has 0 radical (unpaired) electrons. The van der Waals surface area contributed by atoms with Gasteiger partial charge in [-0.05, 0) is 99.9 Å². The number of nitrogens with two attached hydrogens (primary N) is 1. The second kappa shape index (κ2) is 21.5. The zero-order chi connectivity index (χ0) is 48.5. The summed E-state index contributed by atoms with van der Waals surface area (Å²) >= 11 is 0. The van der Waals surface area contributed by atoms with Crippen molar-refractivity contribution < 1.29 is 76.3 Å². The third-order valence-electron chi connectivity index (χ3n) is 14.0. The third-order valence-corrected chi connectivity index (χ3v) is 14.0. The predicted molar refractivity (Wildman–Crippen MR) is 238 cm³/mol. The van der Waals surface area contributed by atoms with E-state index in [0.717, 1.165) is 43.0 Å². The average Bonchev–Trinajstić information content (AvgIpc) is 3.85. The number of quaternary nitrogens is 1. The molecule has 69 heavy (non-hydrogen) atoms. The first kappa shape index (κ1) is 55.5. The van der Waals surface area contributed by atoms with Gasteiger partial charge in [0.05, 0.1) is 58.7 Å². The van der Waals surface area contributed by atoms with Crippen LogP contribution >= 0.6 is 12.4 Å². The molecule has 2 amide bonds. The Labute approximate surface area is 408 Å². The van der Waals surface area contributed by atoms with Gasteiger partial charge in [0.25, 0.3) is 0 Å². The number of hydrogen-bond acceptors (Lipinski definition) is 5. The Morgan fingerprint density at radius 3 is 1.51 bits per heavy atom. The van der Waals surface area contributed by atoms with Gasteiger partial charge >= 0.3 is 18.5 Å². The zero-order valence-electron chi connectivity index (χ0n) is 38.3. The van der Waals surface area contributed by atoms with Crippen LogP contribution in [0.3, 0.4) is 0 Å². The molecule has 0 unspecified atom stereocenters. The number of aryl methyl sites for hydroxylation is 1. The van der Waals surface area contributed by atoms with Crippen molar-refractivity contribution in [1.29, 1.82) is 0 Å². The van der Waals surface area contributed by atoms with Gasteiger partial charge in [-0.15, -0.1) is 12.4 Å². The zero-order valence-corrected chi connectivity index (χ0v) is 39.8. The summed E-state index contributed by atoms with van der Waals surface area (Å²) in [6.45, 7) is 6.55. The molecule has 0 aromatic heterocycles. The van der Waals surface area contributed by atoms with Gasteiger partial charge in [-0.1, -0.05) is 72.3 Å². The standard InChI is InChI=1S/C25H26F6N2O2.C25H29F3N2O2.2ClH/c1-16(17-11-19(24(26,27)28)13-20(12-17)25(29,30)31)35-15-23(18-5-3-2-4-6-18)10-9-22(14-32-23)8-7-21(34)33-22;1-17-12-19(14-21(13-17)25(26,27)28)18(2)32-16-24(20-6-4-3-5-7-20)11-10-23(15-29-24)9-8-22(31)30-23;;/h2-6,11-13,16,32H,7-10,14-15H2,1H3,(H,33,34);3-7,12-14,18,29H,8-11,15-16H2,1-2H3,(H,30,31);2*1H/t16-,22-,23-;18-,23-,24-;;/m11../s1. The Kier molecular flexibility index (Phi) is 17.3. The second-order valence-electron chi connectivity index (χ2n) is 18.8. The number of rotatable bonds is 10. The first-order valence-electron chi connectivity index (χ1n) is 22.5. The molecular weight excluding hydrogens is 962 g/mol. The number of carbonyl (C=O) groups is 2. The lowest BCUT2D eigenvalue weighted by Gasteiger charge is -2.46. The number of ether oxygens (including phenoxy) is 2. The van der Waals surface area contributed by atoms with E-state index in [4.69, 9.17) is 9.47 Å². The van der Waals surface area contributed by atoms with E-state index in [9.17, 15) is 49.1 Å². The van der Waals surface area contributed by atoms with Crippen LogP contribution in [0.15, 0.2) is 97.1 Å². The number of benzene rings is 4. The number of amides is 2. The highest BCUT2D eigenvalue weighted by molar-refractivity contribution is 5.85. The molecule has 4 saturated heterocycles. The summed E-state index contributed by atoms with van der Waals surface area (Å²) in [7, 11) is 0. The summed E-state index contributed by atoms with van der Waals surface area (Å²) in [5.41, 5.74) is -2.05. The SMILES string of the molecule is C[C@@H](OC[C@@]1(c2ccccc2)CC[C@]2(CCC(=O)N2)CN1)c1cc(C(F)(F)F)cc(C(F)(F)F)c1.Cc1cc([C@@H](C)OC[C@@]2(c3ccccc3)CC[C@]3(CCC(=O)N3)C[NH2+]2)cc(C(F)(F)F)c1.Cl.[Cl-]. The Morgan fingerprint density at radius 2 is 1.06 bits per heavy atom. The summed E-state index contributed by atoms with van der Waals surface area (Å²) in [5.74, 6) is 0.101. The number of halogens is 11. The van der Waals surface area contributed by atoms with Gasteiger partial charge in [0.1, 0.15) is 12.1 Å². The molecule has 4 aromatic carbocycles. The lowest BCUT2D eigenvalue weighted by Crippen LogP contribution is -3.01. The maximum Gasteiger partial charge on any atom is 0.416 e. The van der Waals surface area contributed by atoms with Crippen molar-refractivity contribution in [2.75, 3.05) is 26.3 Å². The lowest BCUT2D eigenvalue weighted by molar-refractivity contribution is -0.754. The van der Waals surface area contributed by atoms with Gasteiger partial charge < -0.3 is 43.1 Å². The minimum Gasteiger partial charge on any atom is -1.00 e. The van der Waals surface area contributed by atoms with E-state index in [1.165, 1.54) is 13.0 Å². The van der Waals surface area contributed by atoms with Crippen LogP contribution in [-0.4, -0.2) is 49.2 Å². The van der Waals surface area contributed by atoms with Crippen LogP contribution in [0.5, 0.6) is 0 Å². The maximum absolute atomic E-state index is 13.3. The molecule has 0 bridgehead atoms. The van der Waals surface area contributed by atoms with E-state index in [1.807, 2.05) is 48.5 Å². The Morgan fingerprint density at radius 1 is 0.594 bits per heavy atom. The van der Waals surface area contributed by atoms with Crippen molar-refractivity contribution in [3.05, 3.63) is 142 Å². The minimum atomic E-state index is -4.92. The van der Waals surface area contributed by atoms with Crippen molar-refractivity contribution >= 4 is 24.2 Å². The topological polar surface area (TPSA) is 105 Å². The Balaban J connectivity index is 0.000000251. The highest BCUT2D eigenvalue weighted by atomic mass is 35.5. The summed E-state index contributed by atoms with van der Waals surface area (Å²) < 4.78 is 132. The smallest absolute Gasteiger partial charge is 0.416 e.